The van der Waals surface area contributed by atoms with E-state index in [-0.39, 0.29) is 33.4 Å². The Balaban J connectivity index is 0.0000000967. The van der Waals surface area contributed by atoms with Crippen molar-refractivity contribution < 1.29 is 0 Å². The predicted octanol–water partition coefficient (Wildman–Crippen LogP) is 17.6. The Morgan fingerprint density at radius 2 is 0.392 bits per heavy atom. The molecule has 0 unspecified atom stereocenters. The van der Waals surface area contributed by atoms with Gasteiger partial charge in [0.15, 0.2) is 0 Å². The standard InChI is InChI=1S/3C26H10Br2N4O2/c27-13-10-12-20-19-11(25(33)31-17-7-3-1-5-15(17)29-23(31)21(13)19)9-14(28)22(20)24-30-16-6-2-4-8-18(16)32(24)26(12)34;27-13-9-11-19-20-12(25(33)32-18-8-4-2-6-16(18)30-24(32)21(13)20)10-14(28)22(19)26(34)31-17-7-3-1-5-15(17)29-23(11)31;27-13-9-11-19-12(25(33)31-17-7-3-1-5-15(17)29-23(11)31)10-14(28)21-22(19)20(13)24-30-16-6-2-4-8-18(16)32(24)26(21)34/h3*1-10H. The summed E-state index contributed by atoms with van der Waals surface area (Å²) < 4.78 is 14.1. The number of aromatic nitrogens is 12. The lowest BCUT2D eigenvalue weighted by Crippen LogP contribution is -2.17. The molecule has 0 bridgehead atoms. The summed E-state index contributed by atoms with van der Waals surface area (Å²) in [5, 5.41) is 12.3. The minimum Gasteiger partial charge on any atom is -0.268 e. The summed E-state index contributed by atoms with van der Waals surface area (Å²) in [6.07, 6.45) is 0. The quantitative estimate of drug-likeness (QED) is 0.130. The highest BCUT2D eigenvalue weighted by Gasteiger charge is 2.30. The first kappa shape index (κ1) is 58.9. The van der Waals surface area contributed by atoms with Crippen LogP contribution in [0.5, 0.6) is 0 Å². The van der Waals surface area contributed by atoms with Crippen LogP contribution in [0.4, 0.5) is 0 Å². The summed E-state index contributed by atoms with van der Waals surface area (Å²) in [6.45, 7) is 0. The predicted molar refractivity (Wildman–Crippen MR) is 425 cm³/mol. The molecule has 12 aromatic heterocycles. The number of hydrogen-bond acceptors (Lipinski definition) is 12. The van der Waals surface area contributed by atoms with Gasteiger partial charge in [-0.3, -0.25) is 55.2 Å². The van der Waals surface area contributed by atoms with Gasteiger partial charge in [0.2, 0.25) is 0 Å². The van der Waals surface area contributed by atoms with Crippen molar-refractivity contribution in [2.75, 3.05) is 0 Å². The van der Waals surface area contributed by atoms with E-state index in [1.807, 2.05) is 170 Å². The second-order valence-electron chi connectivity index (χ2n) is 25.3. The molecule has 0 aliphatic heterocycles. The van der Waals surface area contributed by atoms with E-state index in [4.69, 9.17) is 29.9 Å². The number of nitrogens with zero attached hydrogens (tertiary/aromatic N) is 12. The number of fused-ring (bicyclic) bond motifs is 24. The first-order chi connectivity index (χ1) is 49.6. The van der Waals surface area contributed by atoms with Gasteiger partial charge in [0.25, 0.3) is 33.4 Å². The van der Waals surface area contributed by atoms with E-state index in [2.05, 4.69) is 95.6 Å². The molecule has 0 spiro atoms. The second-order valence-corrected chi connectivity index (χ2v) is 30.4. The SMILES string of the molecule is O=c1c2c(Br)cc3c(=O)n4c5ccccc5nc4c4c(Br)cc(c2c34)c2nc3ccccc3n12.O=c1c2cc(Br)c3c(=O)n4c5ccccc5nc4c4c(Br)cc(c2c34)c2nc3ccccc3n12.O=c1c2cc(Br)c3c4c(cc(Br)c(c24)c2nc4ccccc4n12)c(=O)n1c2ccccc2nc31. The number of imidazole rings is 6. The topological polar surface area (TPSA) is 206 Å². The van der Waals surface area contributed by atoms with Crippen molar-refractivity contribution in [3.63, 3.8) is 0 Å². The average molecular weight is 1710 g/mol. The fourth-order valence-corrected chi connectivity index (χ4v) is 19.8. The van der Waals surface area contributed by atoms with Crippen molar-refractivity contribution in [3.05, 3.63) is 271 Å². The van der Waals surface area contributed by atoms with Crippen LogP contribution >= 0.6 is 95.6 Å². The molecule has 12 aromatic carbocycles. The maximum atomic E-state index is 13.9. The van der Waals surface area contributed by atoms with Crippen LogP contribution in [0, 0.1) is 0 Å². The number of hydrogen-bond donors (Lipinski definition) is 0. The smallest absolute Gasteiger partial charge is 0.265 e. The lowest BCUT2D eigenvalue weighted by atomic mass is 9.96. The summed E-state index contributed by atoms with van der Waals surface area (Å²) in [6, 6.07) is 56.8. The van der Waals surface area contributed by atoms with Crippen LogP contribution in [0.1, 0.15) is 0 Å². The average Bonchev–Trinajstić information content (AvgIpc) is 1.33. The zero-order valence-electron chi connectivity index (χ0n) is 51.4. The third-order valence-electron chi connectivity index (χ3n) is 20.2. The van der Waals surface area contributed by atoms with Crippen LogP contribution in [-0.2, 0) is 0 Å². The molecule has 0 saturated carbocycles. The van der Waals surface area contributed by atoms with Gasteiger partial charge in [0.1, 0.15) is 33.9 Å². The Hall–Kier alpha value is -10.9. The molecule has 24 heteroatoms. The van der Waals surface area contributed by atoms with Crippen molar-refractivity contribution >= 4 is 293 Å². The lowest BCUT2D eigenvalue weighted by molar-refractivity contribution is 1.18. The van der Waals surface area contributed by atoms with Gasteiger partial charge in [-0.05, 0) is 205 Å². The number of benzene rings is 12. The maximum absolute atomic E-state index is 13.9. The van der Waals surface area contributed by atoms with Gasteiger partial charge in [0, 0.05) is 91.5 Å². The largest absolute Gasteiger partial charge is 0.268 e. The van der Waals surface area contributed by atoms with Crippen molar-refractivity contribution in [2.24, 2.45) is 0 Å². The van der Waals surface area contributed by atoms with Gasteiger partial charge in [-0.25, -0.2) is 29.9 Å². The molecule has 0 N–H and O–H groups in total. The summed E-state index contributed by atoms with van der Waals surface area (Å²) >= 11 is 22.2. The minimum atomic E-state index is -0.176. The van der Waals surface area contributed by atoms with E-state index >= 15 is 0 Å². The Morgan fingerprint density at radius 3 is 0.706 bits per heavy atom. The zero-order chi connectivity index (χ0) is 68.6. The van der Waals surface area contributed by atoms with Crippen LogP contribution in [0.25, 0.3) is 197 Å². The summed E-state index contributed by atoms with van der Waals surface area (Å²) in [5.41, 5.74) is 11.4. The highest BCUT2D eigenvalue weighted by molar-refractivity contribution is 9.11. The van der Waals surface area contributed by atoms with E-state index < -0.39 is 0 Å². The van der Waals surface area contributed by atoms with E-state index in [9.17, 15) is 28.8 Å². The summed E-state index contributed by atoms with van der Waals surface area (Å²) in [5.74, 6) is 0. The fourth-order valence-electron chi connectivity index (χ4n) is 16.2. The molecule has 0 radical (unpaired) electrons. The Bertz CT molecular complexity index is 8110. The van der Waals surface area contributed by atoms with Crippen LogP contribution in [0.2, 0.25) is 0 Å². The number of pyridine rings is 6. The van der Waals surface area contributed by atoms with Gasteiger partial charge in [0.05, 0.1) is 98.5 Å². The van der Waals surface area contributed by atoms with Gasteiger partial charge in [-0.15, -0.1) is 0 Å². The van der Waals surface area contributed by atoms with Crippen LogP contribution in [0.3, 0.4) is 0 Å². The Labute approximate surface area is 614 Å². The van der Waals surface area contributed by atoms with Crippen LogP contribution in [-0.4, -0.2) is 56.3 Å². The van der Waals surface area contributed by atoms with E-state index in [0.29, 0.717) is 80.5 Å². The maximum Gasteiger partial charge on any atom is 0.265 e. The molecule has 0 aliphatic carbocycles. The molecule has 24 aromatic rings. The monoisotopic (exact) mass is 1700 g/mol. The molecular formula is C78H30Br6N12O6. The number of para-hydroxylation sites is 12. The molecular weight excluding hydrogens is 1680 g/mol. The van der Waals surface area contributed by atoms with E-state index in [1.54, 1.807) is 38.5 Å². The molecule has 0 atom stereocenters. The van der Waals surface area contributed by atoms with Crippen molar-refractivity contribution in [2.45, 2.75) is 0 Å². The minimum absolute atomic E-state index is 0.164. The molecule has 0 saturated heterocycles. The van der Waals surface area contributed by atoms with Crippen LogP contribution in [0.15, 0.2) is 238 Å². The van der Waals surface area contributed by atoms with Crippen molar-refractivity contribution in [1.82, 2.24) is 56.3 Å². The lowest BCUT2D eigenvalue weighted by Gasteiger charge is -2.14. The van der Waals surface area contributed by atoms with Crippen molar-refractivity contribution in [3.8, 4) is 0 Å². The highest BCUT2D eigenvalue weighted by Crippen LogP contribution is 2.47. The van der Waals surface area contributed by atoms with Gasteiger partial charge < -0.3 is 0 Å². The molecule has 480 valence electrons. The third kappa shape index (κ3) is 7.34. The third-order valence-corrected chi connectivity index (χ3v) is 24.0. The molecule has 0 fully saturated rings. The molecule has 0 amide bonds. The Kier molecular flexibility index (Phi) is 11.8. The second kappa shape index (κ2) is 20.5. The summed E-state index contributed by atoms with van der Waals surface area (Å²) in [7, 11) is 0. The molecule has 102 heavy (non-hydrogen) atoms. The van der Waals surface area contributed by atoms with Gasteiger partial charge in [-0.2, -0.15) is 0 Å². The number of rotatable bonds is 0. The first-order valence-electron chi connectivity index (χ1n) is 31.7. The first-order valence-corrected chi connectivity index (χ1v) is 36.5. The fraction of sp³-hybridized carbons (Fsp3) is 0. The highest BCUT2D eigenvalue weighted by atomic mass is 79.9. The van der Waals surface area contributed by atoms with Gasteiger partial charge in [-0.1, -0.05) is 72.8 Å². The van der Waals surface area contributed by atoms with Crippen molar-refractivity contribution in [1.29, 1.82) is 0 Å². The molecule has 18 nitrogen and oxygen atoms in total. The molecule has 24 rings (SSSR count). The Morgan fingerprint density at radius 1 is 0.196 bits per heavy atom. The zero-order valence-corrected chi connectivity index (χ0v) is 60.9. The summed E-state index contributed by atoms with van der Waals surface area (Å²) in [4.78, 5) is 112. The molecule has 0 aliphatic rings. The number of halogens is 6. The molecule has 12 heterocycles. The van der Waals surface area contributed by atoms with E-state index in [1.165, 1.54) is 0 Å². The van der Waals surface area contributed by atoms with E-state index in [0.717, 1.165) is 143 Å². The normalized spacial score (nSPS) is 12.6. The van der Waals surface area contributed by atoms with Crippen LogP contribution < -0.4 is 33.4 Å². The van der Waals surface area contributed by atoms with Gasteiger partial charge >= 0.3 is 0 Å².